The molecule has 0 saturated carbocycles. The van der Waals surface area contributed by atoms with Crippen LogP contribution in [-0.2, 0) is 30.1 Å². The van der Waals surface area contributed by atoms with Crippen molar-refractivity contribution in [2.45, 2.75) is 76.8 Å². The number of piperidine rings is 1. The Kier molecular flexibility index (Phi) is 9.22. The largest absolute Gasteiger partial charge is 0.444 e. The summed E-state index contributed by atoms with van der Waals surface area (Å²) in [6, 6.07) is 7.14. The molecule has 2 aliphatic heterocycles. The zero-order valence-corrected chi connectivity index (χ0v) is 23.1. The number of likely N-dealkylation sites (tertiary alicyclic amines) is 2. The first kappa shape index (κ1) is 28.9. The van der Waals surface area contributed by atoms with Gasteiger partial charge in [-0.15, -0.1) is 0 Å². The molecule has 11 heteroatoms. The number of amides is 3. The number of carbonyl (C=O) groups excluding carboxylic acids is 3. The standard InChI is InChI=1S/C26H40N4O6S/c1-19(24(32)29-14-8-11-22(29)23(27)31)30(37(34,35)18-21-9-6-5-7-10-21)17-20-12-15-28(16-13-20)25(33)36-26(2,3)4/h5-7,9-10,19-20,22H,8,11-18H2,1-4H3,(H2,27,31)/t19-,22+/m1/s1. The van der Waals surface area contributed by atoms with Crippen LogP contribution in [0.5, 0.6) is 0 Å². The highest BCUT2D eigenvalue weighted by Gasteiger charge is 2.41. The van der Waals surface area contributed by atoms with Gasteiger partial charge < -0.3 is 20.3 Å². The highest BCUT2D eigenvalue weighted by Crippen LogP contribution is 2.26. The second-order valence-corrected chi connectivity index (χ2v) is 12.9. The zero-order chi connectivity index (χ0) is 27.4. The Balaban J connectivity index is 1.77. The summed E-state index contributed by atoms with van der Waals surface area (Å²) in [4.78, 5) is 40.9. The highest BCUT2D eigenvalue weighted by atomic mass is 32.2. The minimum Gasteiger partial charge on any atom is -0.444 e. The van der Waals surface area contributed by atoms with Gasteiger partial charge >= 0.3 is 6.09 Å². The van der Waals surface area contributed by atoms with Gasteiger partial charge in [-0.3, -0.25) is 9.59 Å². The lowest BCUT2D eigenvalue weighted by Crippen LogP contribution is -2.54. The maximum absolute atomic E-state index is 13.7. The average molecular weight is 537 g/mol. The third kappa shape index (κ3) is 7.67. The number of hydrogen-bond acceptors (Lipinski definition) is 6. The molecule has 10 nitrogen and oxygen atoms in total. The SMILES string of the molecule is C[C@H](C(=O)N1CCC[C@H]1C(N)=O)N(CC1CCN(C(=O)OC(C)(C)C)CC1)S(=O)(=O)Cc1ccccc1. The van der Waals surface area contributed by atoms with Crippen molar-refractivity contribution >= 4 is 27.9 Å². The molecule has 2 saturated heterocycles. The Bertz CT molecular complexity index is 1060. The third-order valence-corrected chi connectivity index (χ3v) is 8.79. The van der Waals surface area contributed by atoms with Crippen molar-refractivity contribution in [1.29, 1.82) is 0 Å². The fraction of sp³-hybridized carbons (Fsp3) is 0.654. The van der Waals surface area contributed by atoms with E-state index in [9.17, 15) is 22.8 Å². The summed E-state index contributed by atoms with van der Waals surface area (Å²) in [5, 5.41) is 0. The quantitative estimate of drug-likeness (QED) is 0.543. The molecule has 2 N–H and O–H groups in total. The second-order valence-electron chi connectivity index (χ2n) is 11.0. The van der Waals surface area contributed by atoms with Gasteiger partial charge in [-0.1, -0.05) is 30.3 Å². The molecule has 0 spiro atoms. The number of sulfonamides is 1. The molecule has 2 atom stereocenters. The molecule has 0 bridgehead atoms. The third-order valence-electron chi connectivity index (χ3n) is 6.91. The summed E-state index contributed by atoms with van der Waals surface area (Å²) in [5.74, 6) is -1.26. The summed E-state index contributed by atoms with van der Waals surface area (Å²) in [7, 11) is -3.88. The van der Waals surface area contributed by atoms with Gasteiger partial charge in [0.15, 0.2) is 0 Å². The van der Waals surface area contributed by atoms with Crippen LogP contribution in [0, 0.1) is 5.92 Å². The smallest absolute Gasteiger partial charge is 0.410 e. The van der Waals surface area contributed by atoms with E-state index in [0.29, 0.717) is 50.9 Å². The lowest BCUT2D eigenvalue weighted by molar-refractivity contribution is -0.140. The van der Waals surface area contributed by atoms with Crippen LogP contribution in [0.1, 0.15) is 58.9 Å². The summed E-state index contributed by atoms with van der Waals surface area (Å²) in [6.45, 7) is 8.45. The van der Waals surface area contributed by atoms with Crippen LogP contribution in [0.4, 0.5) is 4.79 Å². The number of nitrogens with zero attached hydrogens (tertiary/aromatic N) is 3. The van der Waals surface area contributed by atoms with Crippen LogP contribution in [0.3, 0.4) is 0 Å². The fourth-order valence-electron chi connectivity index (χ4n) is 4.95. The van der Waals surface area contributed by atoms with Gasteiger partial charge in [0.1, 0.15) is 17.7 Å². The molecular formula is C26H40N4O6S. The van der Waals surface area contributed by atoms with Crippen LogP contribution < -0.4 is 5.73 Å². The Morgan fingerprint density at radius 2 is 1.70 bits per heavy atom. The number of ether oxygens (including phenoxy) is 1. The van der Waals surface area contributed by atoms with Crippen LogP contribution >= 0.6 is 0 Å². The van der Waals surface area contributed by atoms with Crippen molar-refractivity contribution in [3.63, 3.8) is 0 Å². The lowest BCUT2D eigenvalue weighted by atomic mass is 9.96. The van der Waals surface area contributed by atoms with E-state index < -0.39 is 39.5 Å². The van der Waals surface area contributed by atoms with Gasteiger partial charge in [0.05, 0.1) is 5.75 Å². The van der Waals surface area contributed by atoms with Crippen LogP contribution in [0.25, 0.3) is 0 Å². The topological polar surface area (TPSA) is 130 Å². The predicted octanol–water partition coefficient (Wildman–Crippen LogP) is 2.33. The number of benzene rings is 1. The van der Waals surface area contributed by atoms with Gasteiger partial charge in [0.25, 0.3) is 0 Å². The molecule has 0 aliphatic carbocycles. The van der Waals surface area contributed by atoms with Crippen molar-refractivity contribution in [3.8, 4) is 0 Å². The van der Waals surface area contributed by atoms with Crippen molar-refractivity contribution in [2.24, 2.45) is 11.7 Å². The highest BCUT2D eigenvalue weighted by molar-refractivity contribution is 7.88. The number of primary amides is 1. The van der Waals surface area contributed by atoms with E-state index >= 15 is 0 Å². The minimum absolute atomic E-state index is 0.0370. The molecule has 2 heterocycles. The van der Waals surface area contributed by atoms with Gasteiger partial charge in [-0.25, -0.2) is 13.2 Å². The molecule has 3 amide bonds. The maximum atomic E-state index is 13.7. The number of nitrogens with two attached hydrogens (primary N) is 1. The van der Waals surface area contributed by atoms with Crippen LogP contribution in [0.15, 0.2) is 30.3 Å². The van der Waals surface area contributed by atoms with E-state index in [-0.39, 0.29) is 24.3 Å². The number of rotatable bonds is 8. The molecule has 2 fully saturated rings. The molecule has 37 heavy (non-hydrogen) atoms. The first-order valence-electron chi connectivity index (χ1n) is 12.9. The van der Waals surface area contributed by atoms with Crippen molar-refractivity contribution < 1.29 is 27.5 Å². The number of carbonyl (C=O) groups is 3. The van der Waals surface area contributed by atoms with Gasteiger partial charge in [-0.05, 0) is 64.9 Å². The first-order chi connectivity index (χ1) is 17.3. The van der Waals surface area contributed by atoms with E-state index in [1.807, 2.05) is 26.8 Å². The zero-order valence-electron chi connectivity index (χ0n) is 22.3. The molecule has 2 aliphatic rings. The van der Waals surface area contributed by atoms with Crippen molar-refractivity contribution in [2.75, 3.05) is 26.2 Å². The molecule has 1 aromatic rings. The van der Waals surface area contributed by atoms with Gasteiger partial charge in [0, 0.05) is 26.2 Å². The average Bonchev–Trinajstić information content (AvgIpc) is 3.31. The Hall–Kier alpha value is -2.66. The second kappa shape index (κ2) is 11.8. The van der Waals surface area contributed by atoms with E-state index in [1.165, 1.54) is 9.21 Å². The minimum atomic E-state index is -3.88. The monoisotopic (exact) mass is 536 g/mol. The van der Waals surface area contributed by atoms with Crippen LogP contribution in [-0.4, -0.2) is 84.3 Å². The van der Waals surface area contributed by atoms with Crippen molar-refractivity contribution in [3.05, 3.63) is 35.9 Å². The molecule has 206 valence electrons. The van der Waals surface area contributed by atoms with Gasteiger partial charge in [0.2, 0.25) is 21.8 Å². The predicted molar refractivity (Wildman–Crippen MR) is 140 cm³/mol. The molecule has 0 radical (unpaired) electrons. The summed E-state index contributed by atoms with van der Waals surface area (Å²) in [6.07, 6.45) is 1.92. The molecule has 3 rings (SSSR count). The first-order valence-corrected chi connectivity index (χ1v) is 14.5. The Labute approximate surface area is 220 Å². The van der Waals surface area contributed by atoms with E-state index in [4.69, 9.17) is 10.5 Å². The molecule has 0 aromatic heterocycles. The normalized spacial score (nSPS) is 20.2. The van der Waals surface area contributed by atoms with Gasteiger partial charge in [-0.2, -0.15) is 4.31 Å². The lowest BCUT2D eigenvalue weighted by Gasteiger charge is -2.37. The number of hydrogen-bond donors (Lipinski definition) is 1. The summed E-state index contributed by atoms with van der Waals surface area (Å²) in [5.41, 5.74) is 5.54. The van der Waals surface area contributed by atoms with E-state index in [1.54, 1.807) is 36.1 Å². The summed E-state index contributed by atoms with van der Waals surface area (Å²) >= 11 is 0. The summed E-state index contributed by atoms with van der Waals surface area (Å²) < 4.78 is 34.1. The molecule has 0 unspecified atom stereocenters. The Morgan fingerprint density at radius 1 is 1.08 bits per heavy atom. The van der Waals surface area contributed by atoms with E-state index in [2.05, 4.69) is 0 Å². The van der Waals surface area contributed by atoms with Crippen LogP contribution in [0.2, 0.25) is 0 Å². The fourth-order valence-corrected chi connectivity index (χ4v) is 6.74. The Morgan fingerprint density at radius 3 is 2.27 bits per heavy atom. The molecule has 1 aromatic carbocycles. The van der Waals surface area contributed by atoms with Crippen molar-refractivity contribution in [1.82, 2.24) is 14.1 Å². The van der Waals surface area contributed by atoms with E-state index in [0.717, 1.165) is 0 Å². The maximum Gasteiger partial charge on any atom is 0.410 e. The molecular weight excluding hydrogens is 496 g/mol.